The fourth-order valence-electron chi connectivity index (χ4n) is 2.21. The summed E-state index contributed by atoms with van der Waals surface area (Å²) < 4.78 is 5.35. The van der Waals surface area contributed by atoms with Gasteiger partial charge in [0.15, 0.2) is 0 Å². The van der Waals surface area contributed by atoms with Gasteiger partial charge in [0.2, 0.25) is 5.91 Å². The maximum absolute atomic E-state index is 12.0. The molecule has 0 bridgehead atoms. The fraction of sp³-hybridized carbons (Fsp3) is 0.294. The Balaban J connectivity index is 1.98. The lowest BCUT2D eigenvalue weighted by atomic mass is 10.2. The van der Waals surface area contributed by atoms with Crippen LogP contribution in [0.15, 0.2) is 53.1 Å². The van der Waals surface area contributed by atoms with E-state index in [-0.39, 0.29) is 12.5 Å². The number of hydrogen-bond acceptors (Lipinski definition) is 4. The Morgan fingerprint density at radius 2 is 1.87 bits per heavy atom. The van der Waals surface area contributed by atoms with E-state index in [0.717, 1.165) is 11.3 Å². The van der Waals surface area contributed by atoms with E-state index in [2.05, 4.69) is 10.6 Å². The predicted octanol–water partition coefficient (Wildman–Crippen LogP) is 2.13. The van der Waals surface area contributed by atoms with Crippen molar-refractivity contribution in [1.29, 1.82) is 0 Å². The average molecular weight is 315 g/mol. The van der Waals surface area contributed by atoms with Crippen molar-refractivity contribution < 1.29 is 14.0 Å². The van der Waals surface area contributed by atoms with E-state index in [1.807, 2.05) is 47.4 Å². The molecule has 0 fully saturated rings. The third-order valence-electron chi connectivity index (χ3n) is 3.17. The minimum Gasteiger partial charge on any atom is -0.468 e. The highest BCUT2D eigenvalue weighted by Gasteiger charge is 2.15. The Hall–Kier alpha value is -2.60. The first-order valence-corrected chi connectivity index (χ1v) is 7.53. The minimum atomic E-state index is -0.477. The van der Waals surface area contributed by atoms with Crippen LogP contribution in [-0.4, -0.2) is 29.9 Å². The van der Waals surface area contributed by atoms with Crippen molar-refractivity contribution in [2.45, 2.75) is 20.0 Å². The van der Waals surface area contributed by atoms with Crippen LogP contribution < -0.4 is 10.6 Å². The molecule has 0 aliphatic heterocycles. The molecule has 1 heterocycles. The number of amides is 3. The summed E-state index contributed by atoms with van der Waals surface area (Å²) in [4.78, 5) is 25.4. The van der Waals surface area contributed by atoms with Crippen molar-refractivity contribution in [2.24, 2.45) is 0 Å². The number of nitrogens with one attached hydrogen (secondary N) is 2. The molecule has 3 amide bonds. The summed E-state index contributed by atoms with van der Waals surface area (Å²) in [7, 11) is 0. The molecule has 122 valence electrons. The third kappa shape index (κ3) is 5.96. The maximum atomic E-state index is 12.0. The zero-order chi connectivity index (χ0) is 16.5. The zero-order valence-corrected chi connectivity index (χ0v) is 13.1. The number of hydrogen-bond donors (Lipinski definition) is 2. The van der Waals surface area contributed by atoms with Crippen LogP contribution in [0.3, 0.4) is 0 Å². The monoisotopic (exact) mass is 315 g/mol. The smallest absolute Gasteiger partial charge is 0.321 e. The van der Waals surface area contributed by atoms with Crippen LogP contribution in [0, 0.1) is 0 Å². The molecule has 23 heavy (non-hydrogen) atoms. The van der Waals surface area contributed by atoms with Gasteiger partial charge in [0.25, 0.3) is 0 Å². The lowest BCUT2D eigenvalue weighted by Crippen LogP contribution is -2.44. The molecule has 6 heteroatoms. The molecule has 2 aromatic rings. The van der Waals surface area contributed by atoms with E-state index in [4.69, 9.17) is 4.42 Å². The van der Waals surface area contributed by atoms with Gasteiger partial charge in [0, 0.05) is 13.1 Å². The first-order chi connectivity index (χ1) is 11.2. The van der Waals surface area contributed by atoms with Gasteiger partial charge in [-0.3, -0.25) is 15.0 Å². The number of urea groups is 1. The average Bonchev–Trinajstić information content (AvgIpc) is 3.01. The van der Waals surface area contributed by atoms with Gasteiger partial charge < -0.3 is 9.73 Å². The molecule has 0 saturated carbocycles. The summed E-state index contributed by atoms with van der Waals surface area (Å²) in [5, 5.41) is 4.85. The van der Waals surface area contributed by atoms with Gasteiger partial charge in [0.1, 0.15) is 5.76 Å². The van der Waals surface area contributed by atoms with Gasteiger partial charge in [-0.2, -0.15) is 0 Å². The van der Waals surface area contributed by atoms with Crippen LogP contribution in [0.1, 0.15) is 18.2 Å². The topological polar surface area (TPSA) is 74.6 Å². The Morgan fingerprint density at radius 3 is 2.52 bits per heavy atom. The maximum Gasteiger partial charge on any atom is 0.321 e. The van der Waals surface area contributed by atoms with Crippen molar-refractivity contribution in [1.82, 2.24) is 15.5 Å². The molecule has 2 rings (SSSR count). The van der Waals surface area contributed by atoms with Crippen LogP contribution in [0.2, 0.25) is 0 Å². The zero-order valence-electron chi connectivity index (χ0n) is 13.1. The molecule has 0 aliphatic carbocycles. The summed E-state index contributed by atoms with van der Waals surface area (Å²) in [6.45, 7) is 3.45. The molecule has 0 aliphatic rings. The third-order valence-corrected chi connectivity index (χ3v) is 3.17. The lowest BCUT2D eigenvalue weighted by molar-refractivity contribution is -0.121. The van der Waals surface area contributed by atoms with E-state index < -0.39 is 6.03 Å². The van der Waals surface area contributed by atoms with E-state index in [1.54, 1.807) is 13.2 Å². The molecule has 1 aromatic carbocycles. The second-order valence-electron chi connectivity index (χ2n) is 5.12. The molecule has 0 atom stereocenters. The first-order valence-electron chi connectivity index (χ1n) is 7.53. The quantitative estimate of drug-likeness (QED) is 0.821. The number of imide groups is 1. The van der Waals surface area contributed by atoms with Crippen molar-refractivity contribution in [2.75, 3.05) is 13.1 Å². The van der Waals surface area contributed by atoms with Gasteiger partial charge in [-0.25, -0.2) is 4.79 Å². The fourth-order valence-corrected chi connectivity index (χ4v) is 2.21. The van der Waals surface area contributed by atoms with E-state index in [1.165, 1.54) is 0 Å². The number of carbonyl (C=O) groups is 2. The molecule has 0 spiro atoms. The van der Waals surface area contributed by atoms with Gasteiger partial charge in [-0.15, -0.1) is 0 Å². The molecule has 6 nitrogen and oxygen atoms in total. The SMILES string of the molecule is CCNC(=O)NC(=O)CN(Cc1ccccc1)Cc1ccco1. The second kappa shape index (κ2) is 8.75. The van der Waals surface area contributed by atoms with Crippen LogP contribution >= 0.6 is 0 Å². The molecular formula is C17H21N3O3. The molecule has 0 radical (unpaired) electrons. The van der Waals surface area contributed by atoms with Crippen LogP contribution in [-0.2, 0) is 17.9 Å². The van der Waals surface area contributed by atoms with E-state index in [0.29, 0.717) is 19.6 Å². The molecule has 1 aromatic heterocycles. The summed E-state index contributed by atoms with van der Waals surface area (Å²) in [6.07, 6.45) is 1.60. The first kappa shape index (κ1) is 16.8. The van der Waals surface area contributed by atoms with Crippen molar-refractivity contribution in [3.05, 3.63) is 60.1 Å². The van der Waals surface area contributed by atoms with Gasteiger partial charge in [-0.05, 0) is 24.6 Å². The number of carbonyl (C=O) groups excluding carboxylic acids is 2. The largest absolute Gasteiger partial charge is 0.468 e. The van der Waals surface area contributed by atoms with Crippen molar-refractivity contribution in [3.63, 3.8) is 0 Å². The second-order valence-corrected chi connectivity index (χ2v) is 5.12. The summed E-state index contributed by atoms with van der Waals surface area (Å²) in [5.41, 5.74) is 1.09. The van der Waals surface area contributed by atoms with Crippen molar-refractivity contribution >= 4 is 11.9 Å². The summed E-state index contributed by atoms with van der Waals surface area (Å²) in [5.74, 6) is 0.421. The number of benzene rings is 1. The Morgan fingerprint density at radius 1 is 1.09 bits per heavy atom. The highest BCUT2D eigenvalue weighted by atomic mass is 16.3. The Kier molecular flexibility index (Phi) is 6.38. The number of rotatable bonds is 7. The molecular weight excluding hydrogens is 294 g/mol. The Bertz CT molecular complexity index is 611. The lowest BCUT2D eigenvalue weighted by Gasteiger charge is -2.20. The van der Waals surface area contributed by atoms with E-state index in [9.17, 15) is 9.59 Å². The molecule has 0 saturated heterocycles. The van der Waals surface area contributed by atoms with Gasteiger partial charge in [-0.1, -0.05) is 30.3 Å². The van der Waals surface area contributed by atoms with Crippen LogP contribution in [0.4, 0.5) is 4.79 Å². The predicted molar refractivity (Wildman–Crippen MR) is 86.5 cm³/mol. The normalized spacial score (nSPS) is 10.5. The number of nitrogens with zero attached hydrogens (tertiary/aromatic N) is 1. The highest BCUT2D eigenvalue weighted by Crippen LogP contribution is 2.10. The van der Waals surface area contributed by atoms with Crippen molar-refractivity contribution in [3.8, 4) is 0 Å². The minimum absolute atomic E-state index is 0.104. The molecule has 2 N–H and O–H groups in total. The summed E-state index contributed by atoms with van der Waals surface area (Å²) >= 11 is 0. The van der Waals surface area contributed by atoms with Gasteiger partial charge >= 0.3 is 6.03 Å². The van der Waals surface area contributed by atoms with Crippen LogP contribution in [0.5, 0.6) is 0 Å². The van der Waals surface area contributed by atoms with Crippen LogP contribution in [0.25, 0.3) is 0 Å². The van der Waals surface area contributed by atoms with E-state index >= 15 is 0 Å². The summed E-state index contributed by atoms with van der Waals surface area (Å²) in [6, 6.07) is 13.0. The highest BCUT2D eigenvalue weighted by molar-refractivity contribution is 5.95. The number of furan rings is 1. The Labute approximate surface area is 135 Å². The standard InChI is InChI=1S/C17H21N3O3/c1-2-18-17(22)19-16(21)13-20(12-15-9-6-10-23-15)11-14-7-4-3-5-8-14/h3-10H,2,11-13H2,1H3,(H2,18,19,21,22). The molecule has 0 unspecified atom stereocenters. The van der Waals surface area contributed by atoms with Gasteiger partial charge in [0.05, 0.1) is 19.4 Å².